The van der Waals surface area contributed by atoms with Crippen molar-refractivity contribution in [3.63, 3.8) is 0 Å². The molecule has 0 atom stereocenters. The van der Waals surface area contributed by atoms with Crippen LogP contribution in [0.25, 0.3) is 16.9 Å². The van der Waals surface area contributed by atoms with Crippen LogP contribution in [0.3, 0.4) is 0 Å². The number of halogens is 4. The average molecular weight is 420 g/mol. The van der Waals surface area contributed by atoms with Gasteiger partial charge in [-0.25, -0.2) is 4.68 Å². The second-order valence-electron chi connectivity index (χ2n) is 7.45. The Labute approximate surface area is 172 Å². The van der Waals surface area contributed by atoms with Crippen molar-refractivity contribution in [1.29, 1.82) is 0 Å². The molecule has 1 N–H and O–H groups in total. The first-order chi connectivity index (χ1) is 13.8. The Morgan fingerprint density at radius 1 is 1.07 bits per heavy atom. The third-order valence-electron chi connectivity index (χ3n) is 5.26. The second-order valence-corrected chi connectivity index (χ2v) is 7.86. The summed E-state index contributed by atoms with van der Waals surface area (Å²) in [6.45, 7) is 4.84. The molecule has 3 aromatic rings. The molecule has 0 bridgehead atoms. The number of nitrogens with one attached hydrogen (secondary N) is 1. The molecule has 1 aliphatic heterocycles. The van der Waals surface area contributed by atoms with E-state index in [1.54, 1.807) is 6.07 Å². The highest BCUT2D eigenvalue weighted by Crippen LogP contribution is 2.40. The van der Waals surface area contributed by atoms with Crippen LogP contribution in [0.1, 0.15) is 35.1 Å². The summed E-state index contributed by atoms with van der Waals surface area (Å²) in [4.78, 5) is 0. The molecule has 0 aliphatic carbocycles. The zero-order valence-electron chi connectivity index (χ0n) is 16.2. The van der Waals surface area contributed by atoms with Gasteiger partial charge in [0.15, 0.2) is 0 Å². The Hall–Kier alpha value is -2.47. The number of anilines is 1. The van der Waals surface area contributed by atoms with Gasteiger partial charge in [0.25, 0.3) is 0 Å². The summed E-state index contributed by atoms with van der Waals surface area (Å²) in [6.07, 6.45) is -1.81. The summed E-state index contributed by atoms with van der Waals surface area (Å²) in [5.41, 5.74) is 4.20. The van der Waals surface area contributed by atoms with Gasteiger partial charge in [-0.15, -0.1) is 0 Å². The summed E-state index contributed by atoms with van der Waals surface area (Å²) in [5.74, 6) is 0.855. The van der Waals surface area contributed by atoms with Crippen molar-refractivity contribution in [2.24, 2.45) is 0 Å². The number of hydrogen-bond acceptors (Lipinski definition) is 2. The molecule has 0 spiro atoms. The van der Waals surface area contributed by atoms with E-state index in [-0.39, 0.29) is 5.02 Å². The summed E-state index contributed by atoms with van der Waals surface area (Å²) < 4.78 is 42.0. The summed E-state index contributed by atoms with van der Waals surface area (Å²) >= 11 is 5.82. The van der Waals surface area contributed by atoms with E-state index in [1.807, 2.05) is 30.7 Å². The van der Waals surface area contributed by atoms with Gasteiger partial charge in [0.05, 0.1) is 22.0 Å². The lowest BCUT2D eigenvalue weighted by Gasteiger charge is -2.12. The van der Waals surface area contributed by atoms with Crippen LogP contribution < -0.4 is 5.32 Å². The Kier molecular flexibility index (Phi) is 5.07. The van der Waals surface area contributed by atoms with E-state index in [4.69, 9.17) is 16.7 Å². The Balaban J connectivity index is 1.93. The van der Waals surface area contributed by atoms with Gasteiger partial charge in [-0.3, -0.25) is 0 Å². The standard InChI is InChI=1S/C22H21ClF3N3/c1-13-6-9-19(14(2)11-13)29-21-16(5-3-4-10-27-21)20(28-29)15-7-8-18(23)17(12-15)22(24,25)26/h6-9,11-12,27H,3-5,10H2,1-2H3. The van der Waals surface area contributed by atoms with Crippen LogP contribution in [0.2, 0.25) is 5.02 Å². The van der Waals surface area contributed by atoms with E-state index in [2.05, 4.69) is 11.4 Å². The smallest absolute Gasteiger partial charge is 0.370 e. The van der Waals surface area contributed by atoms with E-state index in [1.165, 1.54) is 6.07 Å². The first kappa shape index (κ1) is 19.8. The van der Waals surface area contributed by atoms with Crippen LogP contribution in [0.5, 0.6) is 0 Å². The maximum atomic E-state index is 13.4. The molecule has 1 aliphatic rings. The maximum absolute atomic E-state index is 13.4. The van der Waals surface area contributed by atoms with Crippen LogP contribution in [0.4, 0.5) is 19.0 Å². The van der Waals surface area contributed by atoms with Gasteiger partial charge in [-0.1, -0.05) is 35.4 Å². The third kappa shape index (κ3) is 3.73. The zero-order valence-corrected chi connectivity index (χ0v) is 17.0. The molecule has 152 valence electrons. The van der Waals surface area contributed by atoms with E-state index in [0.29, 0.717) is 11.3 Å². The van der Waals surface area contributed by atoms with Crippen molar-refractivity contribution >= 4 is 17.4 Å². The van der Waals surface area contributed by atoms with Crippen molar-refractivity contribution in [3.05, 3.63) is 63.7 Å². The average Bonchev–Trinajstić information content (AvgIpc) is 2.83. The molecule has 7 heteroatoms. The number of alkyl halides is 3. The van der Waals surface area contributed by atoms with Crippen molar-refractivity contribution < 1.29 is 13.2 Å². The number of benzene rings is 2. The third-order valence-corrected chi connectivity index (χ3v) is 5.58. The van der Waals surface area contributed by atoms with Crippen LogP contribution >= 0.6 is 11.6 Å². The SMILES string of the molecule is Cc1ccc(-n2nc(-c3ccc(Cl)c(C(F)(F)F)c3)c3c2NCCCC3)c(C)c1. The minimum absolute atomic E-state index is 0.306. The second kappa shape index (κ2) is 7.41. The Morgan fingerprint density at radius 2 is 1.86 bits per heavy atom. The first-order valence-electron chi connectivity index (χ1n) is 9.56. The fourth-order valence-corrected chi connectivity index (χ4v) is 4.07. The molecule has 29 heavy (non-hydrogen) atoms. The summed E-state index contributed by atoms with van der Waals surface area (Å²) in [7, 11) is 0. The summed E-state index contributed by atoms with van der Waals surface area (Å²) in [5, 5.41) is 7.89. The largest absolute Gasteiger partial charge is 0.417 e. The molecule has 4 rings (SSSR count). The quantitative estimate of drug-likeness (QED) is 0.508. The highest BCUT2D eigenvalue weighted by molar-refractivity contribution is 6.31. The van der Waals surface area contributed by atoms with Crippen LogP contribution in [0, 0.1) is 13.8 Å². The van der Waals surface area contributed by atoms with Gasteiger partial charge in [0.1, 0.15) is 5.82 Å². The highest BCUT2D eigenvalue weighted by atomic mass is 35.5. The van der Waals surface area contributed by atoms with E-state index < -0.39 is 11.7 Å². The van der Waals surface area contributed by atoms with E-state index >= 15 is 0 Å². The molecular weight excluding hydrogens is 399 g/mol. The number of aryl methyl sites for hydroxylation is 2. The van der Waals surface area contributed by atoms with Gasteiger partial charge < -0.3 is 5.32 Å². The Bertz CT molecular complexity index is 1070. The monoisotopic (exact) mass is 419 g/mol. The van der Waals surface area contributed by atoms with Gasteiger partial charge in [-0.2, -0.15) is 18.3 Å². The Morgan fingerprint density at radius 3 is 2.59 bits per heavy atom. The normalized spacial score (nSPS) is 14.3. The molecule has 2 heterocycles. The molecular formula is C22H21ClF3N3. The van der Waals surface area contributed by atoms with Crippen molar-refractivity contribution in [2.75, 3.05) is 11.9 Å². The van der Waals surface area contributed by atoms with Crippen LogP contribution in [0.15, 0.2) is 36.4 Å². The first-order valence-corrected chi connectivity index (χ1v) is 9.94. The van der Waals surface area contributed by atoms with Gasteiger partial charge in [-0.05, 0) is 56.9 Å². The minimum Gasteiger partial charge on any atom is -0.370 e. The molecule has 0 unspecified atom stereocenters. The molecule has 0 saturated heterocycles. The minimum atomic E-state index is -4.52. The predicted molar refractivity (Wildman–Crippen MR) is 110 cm³/mol. The fourth-order valence-electron chi connectivity index (χ4n) is 3.84. The van der Waals surface area contributed by atoms with Crippen molar-refractivity contribution in [2.45, 2.75) is 39.3 Å². The van der Waals surface area contributed by atoms with Crippen LogP contribution in [-0.4, -0.2) is 16.3 Å². The predicted octanol–water partition coefficient (Wildman–Crippen LogP) is 6.58. The van der Waals surface area contributed by atoms with E-state index in [0.717, 1.165) is 60.1 Å². The maximum Gasteiger partial charge on any atom is 0.417 e. The van der Waals surface area contributed by atoms with E-state index in [9.17, 15) is 13.2 Å². The molecule has 3 nitrogen and oxygen atoms in total. The molecule has 2 aromatic carbocycles. The molecule has 1 aromatic heterocycles. The molecule has 0 amide bonds. The topological polar surface area (TPSA) is 29.9 Å². The number of rotatable bonds is 2. The van der Waals surface area contributed by atoms with Gasteiger partial charge in [0, 0.05) is 17.7 Å². The number of aromatic nitrogens is 2. The van der Waals surface area contributed by atoms with Crippen molar-refractivity contribution in [1.82, 2.24) is 9.78 Å². The number of fused-ring (bicyclic) bond motifs is 1. The fraction of sp³-hybridized carbons (Fsp3) is 0.318. The summed E-state index contributed by atoms with van der Waals surface area (Å²) in [6, 6.07) is 10.1. The molecule has 0 fully saturated rings. The lowest BCUT2D eigenvalue weighted by Crippen LogP contribution is -2.08. The number of hydrogen-bond donors (Lipinski definition) is 1. The molecule has 0 radical (unpaired) electrons. The lowest BCUT2D eigenvalue weighted by atomic mass is 10.0. The van der Waals surface area contributed by atoms with Gasteiger partial charge in [0.2, 0.25) is 0 Å². The van der Waals surface area contributed by atoms with Gasteiger partial charge >= 0.3 is 6.18 Å². The molecule has 0 saturated carbocycles. The highest BCUT2D eigenvalue weighted by Gasteiger charge is 2.34. The lowest BCUT2D eigenvalue weighted by molar-refractivity contribution is -0.137. The van der Waals surface area contributed by atoms with Crippen LogP contribution in [-0.2, 0) is 12.6 Å². The number of nitrogens with zero attached hydrogens (tertiary/aromatic N) is 2. The zero-order chi connectivity index (χ0) is 20.8. The van der Waals surface area contributed by atoms with Crippen molar-refractivity contribution in [3.8, 4) is 16.9 Å².